The van der Waals surface area contributed by atoms with Crippen molar-refractivity contribution in [1.82, 2.24) is 10.3 Å². The van der Waals surface area contributed by atoms with Crippen LogP contribution in [0.4, 0.5) is 11.5 Å². The first-order valence-electron chi connectivity index (χ1n) is 5.40. The highest BCUT2D eigenvalue weighted by atomic mass is 16.1. The SMILES string of the molecule is Cc1cc(NCC2CCC(=O)N2)ncc1N. The summed E-state index contributed by atoms with van der Waals surface area (Å²) in [6.07, 6.45) is 3.16. The minimum Gasteiger partial charge on any atom is -0.397 e. The fraction of sp³-hybridized carbons (Fsp3) is 0.455. The molecule has 16 heavy (non-hydrogen) atoms. The van der Waals surface area contributed by atoms with Gasteiger partial charge in [-0.3, -0.25) is 4.79 Å². The van der Waals surface area contributed by atoms with Crippen LogP contribution in [0.3, 0.4) is 0 Å². The summed E-state index contributed by atoms with van der Waals surface area (Å²) < 4.78 is 0. The highest BCUT2D eigenvalue weighted by molar-refractivity contribution is 5.78. The predicted molar refractivity (Wildman–Crippen MR) is 63.0 cm³/mol. The second-order valence-electron chi connectivity index (χ2n) is 4.11. The maximum Gasteiger partial charge on any atom is 0.220 e. The molecule has 0 aromatic carbocycles. The number of rotatable bonds is 3. The second-order valence-corrected chi connectivity index (χ2v) is 4.11. The lowest BCUT2D eigenvalue weighted by molar-refractivity contribution is -0.119. The van der Waals surface area contributed by atoms with Gasteiger partial charge in [0, 0.05) is 19.0 Å². The first-order valence-corrected chi connectivity index (χ1v) is 5.40. The van der Waals surface area contributed by atoms with Gasteiger partial charge in [-0.1, -0.05) is 0 Å². The van der Waals surface area contributed by atoms with Crippen LogP contribution >= 0.6 is 0 Å². The molecule has 1 unspecified atom stereocenters. The number of amides is 1. The Bertz CT molecular complexity index is 405. The van der Waals surface area contributed by atoms with Crippen molar-refractivity contribution >= 4 is 17.4 Å². The van der Waals surface area contributed by atoms with Gasteiger partial charge in [0.05, 0.1) is 11.9 Å². The highest BCUT2D eigenvalue weighted by Crippen LogP contribution is 2.14. The molecule has 1 fully saturated rings. The molecule has 1 atom stereocenters. The van der Waals surface area contributed by atoms with E-state index in [2.05, 4.69) is 15.6 Å². The van der Waals surface area contributed by atoms with Gasteiger partial charge in [-0.05, 0) is 25.0 Å². The summed E-state index contributed by atoms with van der Waals surface area (Å²) in [5.41, 5.74) is 7.38. The van der Waals surface area contributed by atoms with Gasteiger partial charge in [-0.15, -0.1) is 0 Å². The highest BCUT2D eigenvalue weighted by Gasteiger charge is 2.20. The molecular formula is C11H16N4O. The summed E-state index contributed by atoms with van der Waals surface area (Å²) in [5, 5.41) is 6.09. The van der Waals surface area contributed by atoms with Gasteiger partial charge >= 0.3 is 0 Å². The van der Waals surface area contributed by atoms with E-state index in [0.29, 0.717) is 18.7 Å². The van der Waals surface area contributed by atoms with Crippen LogP contribution in [0.2, 0.25) is 0 Å². The summed E-state index contributed by atoms with van der Waals surface area (Å²) in [5.74, 6) is 0.932. The molecule has 0 bridgehead atoms. The van der Waals surface area contributed by atoms with Gasteiger partial charge < -0.3 is 16.4 Å². The van der Waals surface area contributed by atoms with Crippen LogP contribution in [0.5, 0.6) is 0 Å². The first kappa shape index (κ1) is 10.7. The predicted octanol–water partition coefficient (Wildman–Crippen LogP) is 0.663. The zero-order valence-electron chi connectivity index (χ0n) is 9.29. The number of nitrogens with one attached hydrogen (secondary N) is 2. The number of nitrogens with two attached hydrogens (primary N) is 1. The number of hydrogen-bond acceptors (Lipinski definition) is 4. The van der Waals surface area contributed by atoms with Crippen LogP contribution < -0.4 is 16.4 Å². The molecule has 5 nitrogen and oxygen atoms in total. The fourth-order valence-electron chi connectivity index (χ4n) is 1.72. The average molecular weight is 220 g/mol. The van der Waals surface area contributed by atoms with Crippen LogP contribution in [0.1, 0.15) is 18.4 Å². The minimum atomic E-state index is 0.133. The van der Waals surface area contributed by atoms with Crippen LogP contribution in [-0.4, -0.2) is 23.5 Å². The Kier molecular flexibility index (Phi) is 2.94. The zero-order chi connectivity index (χ0) is 11.5. The van der Waals surface area contributed by atoms with Crippen molar-refractivity contribution in [2.24, 2.45) is 0 Å². The average Bonchev–Trinajstić information content (AvgIpc) is 2.66. The van der Waals surface area contributed by atoms with Crippen molar-refractivity contribution < 1.29 is 4.79 Å². The molecule has 86 valence electrons. The maximum atomic E-state index is 11.0. The Labute approximate surface area is 94.4 Å². The molecule has 1 amide bonds. The number of nitrogens with zero attached hydrogens (tertiary/aromatic N) is 1. The summed E-state index contributed by atoms with van der Waals surface area (Å²) in [6.45, 7) is 2.65. The van der Waals surface area contributed by atoms with E-state index in [4.69, 9.17) is 5.73 Å². The van der Waals surface area contributed by atoms with Crippen molar-refractivity contribution in [2.75, 3.05) is 17.6 Å². The number of nitrogen functional groups attached to an aromatic ring is 1. The maximum absolute atomic E-state index is 11.0. The monoisotopic (exact) mass is 220 g/mol. The number of aromatic nitrogens is 1. The van der Waals surface area contributed by atoms with E-state index in [0.717, 1.165) is 17.8 Å². The van der Waals surface area contributed by atoms with E-state index in [-0.39, 0.29) is 11.9 Å². The van der Waals surface area contributed by atoms with Crippen molar-refractivity contribution in [3.8, 4) is 0 Å². The van der Waals surface area contributed by atoms with Gasteiger partial charge in [-0.25, -0.2) is 4.98 Å². The van der Waals surface area contributed by atoms with Crippen molar-refractivity contribution in [1.29, 1.82) is 0 Å². The summed E-state index contributed by atoms with van der Waals surface area (Å²) in [6, 6.07) is 2.12. The quantitative estimate of drug-likeness (QED) is 0.699. The molecule has 1 aromatic rings. The third kappa shape index (κ3) is 2.42. The largest absolute Gasteiger partial charge is 0.397 e. The topological polar surface area (TPSA) is 80.0 Å². The fourth-order valence-corrected chi connectivity index (χ4v) is 1.72. The third-order valence-electron chi connectivity index (χ3n) is 2.77. The standard InChI is InChI=1S/C11H16N4O/c1-7-4-10(14-6-9(7)12)13-5-8-2-3-11(16)15-8/h4,6,8H,2-3,5,12H2,1H3,(H,13,14)(H,15,16). The van der Waals surface area contributed by atoms with E-state index < -0.39 is 0 Å². The molecule has 0 radical (unpaired) electrons. The Hall–Kier alpha value is -1.78. The van der Waals surface area contributed by atoms with Crippen LogP contribution in [0, 0.1) is 6.92 Å². The molecule has 4 N–H and O–H groups in total. The molecule has 1 aliphatic rings. The lowest BCUT2D eigenvalue weighted by atomic mass is 10.2. The second kappa shape index (κ2) is 4.38. The van der Waals surface area contributed by atoms with Gasteiger partial charge in [0.2, 0.25) is 5.91 Å². The number of anilines is 2. The number of pyridine rings is 1. The molecule has 1 aliphatic heterocycles. The molecular weight excluding hydrogens is 204 g/mol. The Balaban J connectivity index is 1.89. The molecule has 2 rings (SSSR count). The summed E-state index contributed by atoms with van der Waals surface area (Å²) in [4.78, 5) is 15.2. The van der Waals surface area contributed by atoms with E-state index >= 15 is 0 Å². The molecule has 1 saturated heterocycles. The molecule has 0 spiro atoms. The van der Waals surface area contributed by atoms with Gasteiger partial charge in [-0.2, -0.15) is 0 Å². The normalized spacial score (nSPS) is 19.6. The van der Waals surface area contributed by atoms with Crippen molar-refractivity contribution in [3.05, 3.63) is 17.8 Å². The Morgan fingerprint density at radius 2 is 2.50 bits per heavy atom. The smallest absolute Gasteiger partial charge is 0.220 e. The minimum absolute atomic E-state index is 0.133. The number of carbonyl (C=O) groups excluding carboxylic acids is 1. The first-order chi connectivity index (χ1) is 7.65. The van der Waals surface area contributed by atoms with Crippen LogP contribution in [0.25, 0.3) is 0 Å². The van der Waals surface area contributed by atoms with E-state index in [1.807, 2.05) is 13.0 Å². The molecule has 0 saturated carbocycles. The number of hydrogen-bond donors (Lipinski definition) is 3. The van der Waals surface area contributed by atoms with E-state index in [1.54, 1.807) is 6.20 Å². The van der Waals surface area contributed by atoms with Crippen molar-refractivity contribution in [3.63, 3.8) is 0 Å². The number of carbonyl (C=O) groups is 1. The summed E-state index contributed by atoms with van der Waals surface area (Å²) >= 11 is 0. The van der Waals surface area contributed by atoms with E-state index in [1.165, 1.54) is 0 Å². The Morgan fingerprint density at radius 3 is 3.12 bits per heavy atom. The van der Waals surface area contributed by atoms with Crippen molar-refractivity contribution in [2.45, 2.75) is 25.8 Å². The third-order valence-corrected chi connectivity index (χ3v) is 2.77. The van der Waals surface area contributed by atoms with E-state index in [9.17, 15) is 4.79 Å². The lowest BCUT2D eigenvalue weighted by Gasteiger charge is -2.12. The van der Waals surface area contributed by atoms with Gasteiger partial charge in [0.1, 0.15) is 5.82 Å². The molecule has 5 heteroatoms. The van der Waals surface area contributed by atoms with Gasteiger partial charge in [0.15, 0.2) is 0 Å². The molecule has 0 aliphatic carbocycles. The molecule has 1 aromatic heterocycles. The number of aryl methyl sites for hydroxylation is 1. The zero-order valence-corrected chi connectivity index (χ0v) is 9.29. The molecule has 2 heterocycles. The Morgan fingerprint density at radius 1 is 1.69 bits per heavy atom. The van der Waals surface area contributed by atoms with Crippen LogP contribution in [0.15, 0.2) is 12.3 Å². The van der Waals surface area contributed by atoms with Crippen LogP contribution in [-0.2, 0) is 4.79 Å². The van der Waals surface area contributed by atoms with Gasteiger partial charge in [0.25, 0.3) is 0 Å². The summed E-state index contributed by atoms with van der Waals surface area (Å²) in [7, 11) is 0. The lowest BCUT2D eigenvalue weighted by Crippen LogP contribution is -2.31.